The van der Waals surface area contributed by atoms with Gasteiger partial charge >= 0.3 is 0 Å². The zero-order valence-electron chi connectivity index (χ0n) is 9.00. The Hall–Kier alpha value is -0.460. The van der Waals surface area contributed by atoms with E-state index in [0.29, 0.717) is 5.33 Å². The molecule has 0 aliphatic rings. The number of sulfonamides is 1. The fourth-order valence-electron chi connectivity index (χ4n) is 1.08. The fourth-order valence-corrected chi connectivity index (χ4v) is 2.85. The van der Waals surface area contributed by atoms with Crippen LogP contribution in [-0.2, 0) is 10.0 Å². The number of nitrogens with one attached hydrogen (secondary N) is 1. The van der Waals surface area contributed by atoms with Gasteiger partial charge in [0, 0.05) is 10.9 Å². The molecule has 0 aliphatic carbocycles. The second kappa shape index (κ2) is 4.81. The molecular formula is C10H13BrFNO2S. The second-order valence-electron chi connectivity index (χ2n) is 4.08. The Morgan fingerprint density at radius 3 is 2.56 bits per heavy atom. The van der Waals surface area contributed by atoms with Crippen molar-refractivity contribution in [2.75, 3.05) is 5.33 Å². The van der Waals surface area contributed by atoms with E-state index in [1.807, 2.05) is 0 Å². The van der Waals surface area contributed by atoms with Crippen LogP contribution in [0.5, 0.6) is 0 Å². The van der Waals surface area contributed by atoms with E-state index < -0.39 is 21.4 Å². The van der Waals surface area contributed by atoms with Gasteiger partial charge in [0.05, 0.1) is 4.90 Å². The van der Waals surface area contributed by atoms with Crippen molar-refractivity contribution in [3.05, 3.63) is 30.1 Å². The number of benzene rings is 1. The molecule has 3 nitrogen and oxygen atoms in total. The summed E-state index contributed by atoms with van der Waals surface area (Å²) < 4.78 is 39.1. The molecule has 0 unspecified atom stereocenters. The van der Waals surface area contributed by atoms with Gasteiger partial charge in [-0.1, -0.05) is 22.0 Å². The Morgan fingerprint density at radius 2 is 2.06 bits per heavy atom. The standard InChI is InChI=1S/C10H13BrFNO2S/c1-10(2,7-11)13-16(14,15)9-5-3-4-8(12)6-9/h3-6,13H,7H2,1-2H3. The molecule has 0 amide bonds. The highest BCUT2D eigenvalue weighted by Crippen LogP contribution is 2.15. The number of halogens is 2. The van der Waals surface area contributed by atoms with Crippen LogP contribution in [0, 0.1) is 5.82 Å². The van der Waals surface area contributed by atoms with Gasteiger partial charge in [0.15, 0.2) is 0 Å². The topological polar surface area (TPSA) is 46.2 Å². The maximum absolute atomic E-state index is 12.9. The highest BCUT2D eigenvalue weighted by molar-refractivity contribution is 9.09. The zero-order valence-corrected chi connectivity index (χ0v) is 11.4. The fraction of sp³-hybridized carbons (Fsp3) is 0.400. The molecule has 0 aromatic heterocycles. The van der Waals surface area contributed by atoms with E-state index in [1.54, 1.807) is 13.8 Å². The lowest BCUT2D eigenvalue weighted by Crippen LogP contribution is -2.44. The van der Waals surface area contributed by atoms with Crippen LogP contribution in [0.4, 0.5) is 4.39 Å². The van der Waals surface area contributed by atoms with Crippen LogP contribution in [0.3, 0.4) is 0 Å². The molecule has 0 saturated heterocycles. The molecule has 90 valence electrons. The van der Waals surface area contributed by atoms with Crippen LogP contribution in [0.15, 0.2) is 29.2 Å². The summed E-state index contributed by atoms with van der Waals surface area (Å²) in [5, 5.41) is 0.467. The maximum atomic E-state index is 12.9. The molecule has 0 saturated carbocycles. The van der Waals surface area contributed by atoms with E-state index in [-0.39, 0.29) is 4.90 Å². The molecule has 1 aromatic carbocycles. The molecule has 1 rings (SSSR count). The van der Waals surface area contributed by atoms with Gasteiger partial charge in [0.1, 0.15) is 5.82 Å². The zero-order chi connectivity index (χ0) is 12.4. The van der Waals surface area contributed by atoms with Gasteiger partial charge in [-0.3, -0.25) is 0 Å². The molecule has 1 aromatic rings. The van der Waals surface area contributed by atoms with Gasteiger partial charge in [-0.25, -0.2) is 17.5 Å². The quantitative estimate of drug-likeness (QED) is 0.867. The summed E-state index contributed by atoms with van der Waals surface area (Å²) in [6, 6.07) is 4.92. The normalized spacial score (nSPS) is 12.8. The second-order valence-corrected chi connectivity index (χ2v) is 6.32. The van der Waals surface area contributed by atoms with Gasteiger partial charge in [0.2, 0.25) is 10.0 Å². The van der Waals surface area contributed by atoms with Crippen molar-refractivity contribution in [1.82, 2.24) is 4.72 Å². The lowest BCUT2D eigenvalue weighted by molar-refractivity contribution is 0.499. The van der Waals surface area contributed by atoms with Crippen molar-refractivity contribution in [2.45, 2.75) is 24.3 Å². The first-order valence-electron chi connectivity index (χ1n) is 4.62. The molecule has 0 aliphatic heterocycles. The van der Waals surface area contributed by atoms with Crippen LogP contribution < -0.4 is 4.72 Å². The van der Waals surface area contributed by atoms with Crippen molar-refractivity contribution in [1.29, 1.82) is 0 Å². The summed E-state index contributed by atoms with van der Waals surface area (Å²) >= 11 is 3.21. The van der Waals surface area contributed by atoms with Gasteiger partial charge in [-0.2, -0.15) is 0 Å². The average molecular weight is 310 g/mol. The lowest BCUT2D eigenvalue weighted by atomic mass is 10.1. The first-order chi connectivity index (χ1) is 7.27. The Morgan fingerprint density at radius 1 is 1.44 bits per heavy atom. The third-order valence-electron chi connectivity index (χ3n) is 1.85. The molecule has 0 atom stereocenters. The molecule has 0 spiro atoms. The molecule has 0 fully saturated rings. The maximum Gasteiger partial charge on any atom is 0.241 e. The van der Waals surface area contributed by atoms with Crippen LogP contribution in [0.1, 0.15) is 13.8 Å². The first-order valence-corrected chi connectivity index (χ1v) is 7.23. The van der Waals surface area contributed by atoms with E-state index in [0.717, 1.165) is 6.07 Å². The summed E-state index contributed by atoms with van der Waals surface area (Å²) in [7, 11) is -3.67. The van der Waals surface area contributed by atoms with Crippen molar-refractivity contribution in [3.8, 4) is 0 Å². The molecule has 6 heteroatoms. The van der Waals surface area contributed by atoms with Crippen LogP contribution in [0.2, 0.25) is 0 Å². The predicted octanol–water partition coefficient (Wildman–Crippen LogP) is 2.28. The minimum Gasteiger partial charge on any atom is -0.207 e. The lowest BCUT2D eigenvalue weighted by Gasteiger charge is -2.23. The Labute approximate surface area is 103 Å². The number of rotatable bonds is 4. The van der Waals surface area contributed by atoms with Crippen molar-refractivity contribution in [3.63, 3.8) is 0 Å². The SMILES string of the molecule is CC(C)(CBr)NS(=O)(=O)c1cccc(F)c1. The molecule has 0 heterocycles. The van der Waals surface area contributed by atoms with Gasteiger partial charge in [-0.15, -0.1) is 0 Å². The minimum atomic E-state index is -3.67. The Balaban J connectivity index is 3.04. The van der Waals surface area contributed by atoms with E-state index >= 15 is 0 Å². The van der Waals surface area contributed by atoms with Crippen molar-refractivity contribution >= 4 is 26.0 Å². The number of hydrogen-bond donors (Lipinski definition) is 1. The number of hydrogen-bond acceptors (Lipinski definition) is 2. The molecular weight excluding hydrogens is 297 g/mol. The Bertz CT molecular complexity index is 473. The molecule has 0 bridgehead atoms. The third kappa shape index (κ3) is 3.54. The van der Waals surface area contributed by atoms with E-state index in [4.69, 9.17) is 0 Å². The summed E-state index contributed by atoms with van der Waals surface area (Å²) in [5.41, 5.74) is -0.620. The van der Waals surface area contributed by atoms with Crippen molar-refractivity contribution in [2.24, 2.45) is 0 Å². The molecule has 16 heavy (non-hydrogen) atoms. The van der Waals surface area contributed by atoms with Crippen LogP contribution in [0.25, 0.3) is 0 Å². The van der Waals surface area contributed by atoms with E-state index in [9.17, 15) is 12.8 Å². The van der Waals surface area contributed by atoms with Crippen molar-refractivity contribution < 1.29 is 12.8 Å². The highest BCUT2D eigenvalue weighted by Gasteiger charge is 2.25. The molecule has 1 N–H and O–H groups in total. The van der Waals surface area contributed by atoms with Gasteiger partial charge in [0.25, 0.3) is 0 Å². The summed E-state index contributed by atoms with van der Waals surface area (Å²) in [6.07, 6.45) is 0. The average Bonchev–Trinajstić information content (AvgIpc) is 2.16. The molecule has 0 radical (unpaired) electrons. The summed E-state index contributed by atoms with van der Waals surface area (Å²) in [4.78, 5) is -0.0680. The largest absolute Gasteiger partial charge is 0.241 e. The van der Waals surface area contributed by atoms with E-state index in [2.05, 4.69) is 20.7 Å². The monoisotopic (exact) mass is 309 g/mol. The Kier molecular flexibility index (Phi) is 4.09. The highest BCUT2D eigenvalue weighted by atomic mass is 79.9. The smallest absolute Gasteiger partial charge is 0.207 e. The van der Waals surface area contributed by atoms with Crippen LogP contribution >= 0.6 is 15.9 Å². The summed E-state index contributed by atoms with van der Waals surface area (Å²) in [5.74, 6) is -0.570. The number of alkyl halides is 1. The van der Waals surface area contributed by atoms with Gasteiger partial charge < -0.3 is 0 Å². The predicted molar refractivity (Wildman–Crippen MR) is 64.6 cm³/mol. The van der Waals surface area contributed by atoms with E-state index in [1.165, 1.54) is 18.2 Å². The van der Waals surface area contributed by atoms with Crippen LogP contribution in [-0.4, -0.2) is 19.3 Å². The summed E-state index contributed by atoms with van der Waals surface area (Å²) in [6.45, 7) is 3.47. The van der Waals surface area contributed by atoms with Gasteiger partial charge in [-0.05, 0) is 32.0 Å². The first kappa shape index (κ1) is 13.6. The minimum absolute atomic E-state index is 0.0680. The third-order valence-corrected chi connectivity index (χ3v) is 4.95.